The van der Waals surface area contributed by atoms with Crippen LogP contribution in [0.2, 0.25) is 0 Å². The number of aliphatic imine (C=N–C) groups is 1. The minimum atomic E-state index is -0.848. The Labute approximate surface area is 222 Å². The predicted octanol–water partition coefficient (Wildman–Crippen LogP) is 5.26. The maximum absolute atomic E-state index is 15.6. The van der Waals surface area contributed by atoms with Crippen LogP contribution >= 0.6 is 0 Å². The van der Waals surface area contributed by atoms with Crippen molar-refractivity contribution in [1.82, 2.24) is 10.2 Å². The first-order chi connectivity index (χ1) is 18.4. The molecule has 5 rings (SSSR count). The Kier molecular flexibility index (Phi) is 7.74. The van der Waals surface area contributed by atoms with E-state index in [0.29, 0.717) is 47.7 Å². The highest BCUT2D eigenvalue weighted by atomic mass is 19.1. The second-order valence-corrected chi connectivity index (χ2v) is 10.1. The Morgan fingerprint density at radius 2 is 1.76 bits per heavy atom. The number of aryl methyl sites for hydroxylation is 1. The van der Waals surface area contributed by atoms with E-state index < -0.39 is 29.5 Å². The Morgan fingerprint density at radius 1 is 1.05 bits per heavy atom. The maximum Gasteiger partial charge on any atom is 0.338 e. The number of esters is 1. The van der Waals surface area contributed by atoms with E-state index in [1.54, 1.807) is 19.9 Å². The number of carbonyl (C=O) groups is 1. The summed E-state index contributed by atoms with van der Waals surface area (Å²) in [5, 5.41) is 3.26. The Hall–Kier alpha value is -3.33. The fraction of sp³-hybridized carbons (Fsp3) is 0.448. The minimum Gasteiger partial charge on any atom is -0.463 e. The van der Waals surface area contributed by atoms with E-state index in [2.05, 4.69) is 10.2 Å². The van der Waals surface area contributed by atoms with Crippen molar-refractivity contribution < 1.29 is 24.1 Å². The number of hydrogen-bond donors (Lipinski definition) is 1. The highest BCUT2D eigenvalue weighted by Gasteiger charge is 2.36. The van der Waals surface area contributed by atoms with Gasteiger partial charge in [-0.05, 0) is 81.9 Å². The maximum atomic E-state index is 15.6. The highest BCUT2D eigenvalue weighted by molar-refractivity contribution is 6.07. The average Bonchev–Trinajstić information content (AvgIpc) is 3.58. The van der Waals surface area contributed by atoms with Crippen molar-refractivity contribution in [3.63, 3.8) is 0 Å². The number of amidine groups is 1. The van der Waals surface area contributed by atoms with Crippen molar-refractivity contribution >= 4 is 17.5 Å². The molecular weight excluding hydrogens is 493 g/mol. The molecule has 0 aliphatic carbocycles. The lowest BCUT2D eigenvalue weighted by molar-refractivity contribution is -0.139. The van der Waals surface area contributed by atoms with E-state index in [1.165, 1.54) is 18.2 Å². The lowest BCUT2D eigenvalue weighted by Crippen LogP contribution is -2.40. The zero-order valence-corrected chi connectivity index (χ0v) is 21.8. The fourth-order valence-electron chi connectivity index (χ4n) is 5.63. The molecule has 2 aromatic carbocycles. The molecule has 3 aliphatic rings. The first kappa shape index (κ1) is 26.3. The van der Waals surface area contributed by atoms with Gasteiger partial charge < -0.3 is 15.0 Å². The minimum absolute atomic E-state index is 0. The van der Waals surface area contributed by atoms with Crippen LogP contribution in [0.4, 0.5) is 18.9 Å². The molecule has 0 saturated carbocycles. The van der Waals surface area contributed by atoms with Crippen molar-refractivity contribution in [3.8, 4) is 0 Å². The van der Waals surface area contributed by atoms with Crippen LogP contribution in [0.15, 0.2) is 46.6 Å². The number of likely N-dealkylation sites (tertiary alicyclic amines) is 1. The molecule has 6 nitrogen and oxygen atoms in total. The molecule has 2 saturated heterocycles. The van der Waals surface area contributed by atoms with Crippen molar-refractivity contribution in [2.45, 2.75) is 45.6 Å². The summed E-state index contributed by atoms with van der Waals surface area (Å²) in [7, 11) is 0. The Morgan fingerprint density at radius 3 is 2.45 bits per heavy atom. The van der Waals surface area contributed by atoms with E-state index in [-0.39, 0.29) is 19.4 Å². The number of halogens is 3. The largest absolute Gasteiger partial charge is 0.463 e. The van der Waals surface area contributed by atoms with Crippen molar-refractivity contribution in [2.24, 2.45) is 4.99 Å². The molecule has 1 unspecified atom stereocenters. The quantitative estimate of drug-likeness (QED) is 0.497. The van der Waals surface area contributed by atoms with Gasteiger partial charge in [0.05, 0.1) is 23.4 Å². The molecule has 0 aromatic heterocycles. The Bertz CT molecular complexity index is 1290. The Balaban J connectivity index is 0.00000353. The molecular formula is C29H35F3N4O2. The summed E-state index contributed by atoms with van der Waals surface area (Å²) < 4.78 is 49.5. The second-order valence-electron chi connectivity index (χ2n) is 10.1. The third kappa shape index (κ3) is 5.29. The zero-order chi connectivity index (χ0) is 26.8. The van der Waals surface area contributed by atoms with Crippen LogP contribution in [-0.4, -0.2) is 56.0 Å². The average molecular weight is 529 g/mol. The molecule has 0 radical (unpaired) electrons. The van der Waals surface area contributed by atoms with Gasteiger partial charge in [-0.1, -0.05) is 6.07 Å². The molecule has 1 N–H and O–H groups in total. The van der Waals surface area contributed by atoms with Gasteiger partial charge in [-0.25, -0.2) is 18.0 Å². The van der Waals surface area contributed by atoms with Crippen LogP contribution in [0.25, 0.3) is 0 Å². The molecule has 1 atom stereocenters. The molecule has 204 valence electrons. The van der Waals surface area contributed by atoms with Crippen LogP contribution < -0.4 is 10.2 Å². The van der Waals surface area contributed by atoms with Gasteiger partial charge in [0.1, 0.15) is 29.3 Å². The predicted molar refractivity (Wildman–Crippen MR) is 143 cm³/mol. The molecule has 0 amide bonds. The van der Waals surface area contributed by atoms with Crippen molar-refractivity contribution in [1.29, 1.82) is 0 Å². The molecule has 0 spiro atoms. The third-order valence-electron chi connectivity index (χ3n) is 7.45. The summed E-state index contributed by atoms with van der Waals surface area (Å²) in [6, 6.07) is 5.69. The SMILES string of the molecule is CCOC(=O)C1=C(CN2CCCC2)NC(c2c(F)cc(F)cc2N2CCCC2)=NC1c1ccc(F)cc1C.[HH]. The molecule has 2 fully saturated rings. The number of ether oxygens (including phenoxy) is 1. The zero-order valence-electron chi connectivity index (χ0n) is 21.8. The van der Waals surface area contributed by atoms with Crippen molar-refractivity contribution in [2.75, 3.05) is 44.2 Å². The van der Waals surface area contributed by atoms with E-state index in [9.17, 15) is 13.6 Å². The van der Waals surface area contributed by atoms with Gasteiger partial charge in [0.2, 0.25) is 0 Å². The first-order valence-electron chi connectivity index (χ1n) is 13.3. The monoisotopic (exact) mass is 528 g/mol. The summed E-state index contributed by atoms with van der Waals surface area (Å²) in [5.41, 5.74) is 2.72. The van der Waals surface area contributed by atoms with E-state index in [4.69, 9.17) is 9.73 Å². The van der Waals surface area contributed by atoms with Crippen LogP contribution in [0.3, 0.4) is 0 Å². The number of benzene rings is 2. The molecule has 2 aromatic rings. The number of nitrogens with one attached hydrogen (secondary N) is 1. The van der Waals surface area contributed by atoms with E-state index >= 15 is 4.39 Å². The standard InChI is InChI=1S/C29H33F3N4O2.H2/c1-3-38-29(37)26-23(17-35-10-4-5-11-35)33-28(34-27(26)21-9-8-19(30)14-18(21)2)25-22(32)15-20(31)16-24(25)36-12-6-7-13-36;/h8-9,14-16,27H,3-7,10-13,17H2,1-2H3,(H,33,34);1H. The topological polar surface area (TPSA) is 57.2 Å². The van der Waals surface area contributed by atoms with Crippen LogP contribution in [-0.2, 0) is 9.53 Å². The van der Waals surface area contributed by atoms with Gasteiger partial charge in [-0.2, -0.15) is 0 Å². The summed E-state index contributed by atoms with van der Waals surface area (Å²) in [5.74, 6) is -2.09. The molecule has 3 aliphatic heterocycles. The van der Waals surface area contributed by atoms with Gasteiger partial charge in [-0.3, -0.25) is 9.89 Å². The van der Waals surface area contributed by atoms with Crippen LogP contribution in [0.5, 0.6) is 0 Å². The summed E-state index contributed by atoms with van der Waals surface area (Å²) >= 11 is 0. The summed E-state index contributed by atoms with van der Waals surface area (Å²) in [4.78, 5) is 22.4. The van der Waals surface area contributed by atoms with Gasteiger partial charge >= 0.3 is 5.97 Å². The number of carbonyl (C=O) groups excluding carboxylic acids is 1. The van der Waals surface area contributed by atoms with Gasteiger partial charge in [0, 0.05) is 32.8 Å². The highest BCUT2D eigenvalue weighted by Crippen LogP contribution is 2.37. The van der Waals surface area contributed by atoms with Gasteiger partial charge in [0.25, 0.3) is 0 Å². The molecule has 38 heavy (non-hydrogen) atoms. The van der Waals surface area contributed by atoms with Crippen molar-refractivity contribution in [3.05, 3.63) is 75.7 Å². The number of anilines is 1. The van der Waals surface area contributed by atoms with Gasteiger partial charge in [-0.15, -0.1) is 0 Å². The van der Waals surface area contributed by atoms with E-state index in [0.717, 1.165) is 44.8 Å². The first-order valence-corrected chi connectivity index (χ1v) is 13.3. The number of rotatable bonds is 7. The van der Waals surface area contributed by atoms with Crippen LogP contribution in [0, 0.1) is 24.4 Å². The lowest BCUT2D eigenvalue weighted by Gasteiger charge is -2.32. The second kappa shape index (κ2) is 11.2. The summed E-state index contributed by atoms with van der Waals surface area (Å²) in [6.07, 6.45) is 3.97. The number of hydrogen-bond acceptors (Lipinski definition) is 6. The number of nitrogens with zero attached hydrogens (tertiary/aromatic N) is 3. The fourth-order valence-corrected chi connectivity index (χ4v) is 5.63. The van der Waals surface area contributed by atoms with Gasteiger partial charge in [0.15, 0.2) is 0 Å². The van der Waals surface area contributed by atoms with Crippen LogP contribution in [0.1, 0.15) is 56.8 Å². The third-order valence-corrected chi connectivity index (χ3v) is 7.45. The van der Waals surface area contributed by atoms with E-state index in [1.807, 2.05) is 4.90 Å². The molecule has 0 bridgehead atoms. The normalized spacial score (nSPS) is 20.1. The molecule has 9 heteroatoms. The smallest absolute Gasteiger partial charge is 0.338 e. The molecule has 3 heterocycles. The lowest BCUT2D eigenvalue weighted by atomic mass is 9.91. The summed E-state index contributed by atoms with van der Waals surface area (Å²) in [6.45, 7) is 7.21.